The zero-order chi connectivity index (χ0) is 15.2. The van der Waals surface area contributed by atoms with Crippen LogP contribution >= 0.6 is 0 Å². The van der Waals surface area contributed by atoms with Gasteiger partial charge in [-0.1, -0.05) is 25.7 Å². The molecule has 0 radical (unpaired) electrons. The Balaban J connectivity index is 1.33. The van der Waals surface area contributed by atoms with E-state index in [-0.39, 0.29) is 0 Å². The number of carbonyl (C=O) groups is 1. The summed E-state index contributed by atoms with van der Waals surface area (Å²) >= 11 is 0. The minimum atomic E-state index is 0.374. The number of aromatic nitrogens is 2. The van der Waals surface area contributed by atoms with Crippen LogP contribution in [0.4, 0.5) is 0 Å². The Morgan fingerprint density at radius 3 is 2.55 bits per heavy atom. The maximum absolute atomic E-state index is 12.3. The molecule has 0 atom stereocenters. The number of hydrogen-bond acceptors (Lipinski definition) is 3. The average Bonchev–Trinajstić information content (AvgIpc) is 3.24. The van der Waals surface area contributed by atoms with Crippen molar-refractivity contribution in [1.29, 1.82) is 0 Å². The Bertz CT molecular complexity index is 445. The summed E-state index contributed by atoms with van der Waals surface area (Å²) < 4.78 is 1.97. The number of amides is 1. The van der Waals surface area contributed by atoms with Crippen molar-refractivity contribution >= 4 is 5.91 Å². The Labute approximate surface area is 133 Å². The van der Waals surface area contributed by atoms with E-state index in [4.69, 9.17) is 0 Å². The summed E-state index contributed by atoms with van der Waals surface area (Å²) in [5.41, 5.74) is 0. The molecule has 1 aliphatic carbocycles. The van der Waals surface area contributed by atoms with Gasteiger partial charge in [0.1, 0.15) is 0 Å². The van der Waals surface area contributed by atoms with Gasteiger partial charge in [-0.3, -0.25) is 14.4 Å². The number of hydrogen-bond donors (Lipinski definition) is 0. The highest BCUT2D eigenvalue weighted by Gasteiger charge is 2.22. The van der Waals surface area contributed by atoms with Gasteiger partial charge in [0.05, 0.1) is 6.54 Å². The van der Waals surface area contributed by atoms with Crippen LogP contribution in [0.2, 0.25) is 0 Å². The molecular formula is C17H28N4O. The zero-order valence-electron chi connectivity index (χ0n) is 13.5. The molecule has 1 saturated heterocycles. The Morgan fingerprint density at radius 2 is 1.86 bits per heavy atom. The molecule has 1 aromatic rings. The van der Waals surface area contributed by atoms with Gasteiger partial charge in [0, 0.05) is 51.5 Å². The summed E-state index contributed by atoms with van der Waals surface area (Å²) in [5.74, 6) is 1.19. The largest absolute Gasteiger partial charge is 0.340 e. The van der Waals surface area contributed by atoms with E-state index in [0.717, 1.165) is 58.0 Å². The van der Waals surface area contributed by atoms with E-state index >= 15 is 0 Å². The van der Waals surface area contributed by atoms with Crippen molar-refractivity contribution in [3.05, 3.63) is 18.5 Å². The topological polar surface area (TPSA) is 41.4 Å². The van der Waals surface area contributed by atoms with Crippen LogP contribution in [0.5, 0.6) is 0 Å². The van der Waals surface area contributed by atoms with Gasteiger partial charge in [-0.25, -0.2) is 0 Å². The lowest BCUT2D eigenvalue weighted by molar-refractivity contribution is -0.133. The maximum Gasteiger partial charge on any atom is 0.222 e. The molecule has 5 heteroatoms. The second kappa shape index (κ2) is 7.77. The molecule has 0 N–H and O–H groups in total. The third-order valence-electron chi connectivity index (χ3n) is 5.17. The molecule has 0 unspecified atom stereocenters. The Morgan fingerprint density at radius 1 is 1.09 bits per heavy atom. The summed E-state index contributed by atoms with van der Waals surface area (Å²) in [5, 5.41) is 4.23. The molecule has 122 valence electrons. The molecule has 0 aromatic carbocycles. The average molecular weight is 304 g/mol. The van der Waals surface area contributed by atoms with Gasteiger partial charge in [0.25, 0.3) is 0 Å². The normalized spacial score (nSPS) is 20.6. The monoisotopic (exact) mass is 304 g/mol. The molecule has 0 bridgehead atoms. The van der Waals surface area contributed by atoms with Crippen molar-refractivity contribution in [3.63, 3.8) is 0 Å². The van der Waals surface area contributed by atoms with Crippen molar-refractivity contribution in [2.24, 2.45) is 5.92 Å². The van der Waals surface area contributed by atoms with Crippen LogP contribution in [-0.4, -0.2) is 58.2 Å². The molecule has 1 aliphatic heterocycles. The fraction of sp³-hybridized carbons (Fsp3) is 0.765. The molecule has 2 aliphatic rings. The highest BCUT2D eigenvalue weighted by atomic mass is 16.2. The minimum absolute atomic E-state index is 0.374. The quantitative estimate of drug-likeness (QED) is 0.807. The van der Waals surface area contributed by atoms with Gasteiger partial charge in [-0.15, -0.1) is 0 Å². The van der Waals surface area contributed by atoms with Crippen LogP contribution < -0.4 is 0 Å². The van der Waals surface area contributed by atoms with Gasteiger partial charge in [0.15, 0.2) is 0 Å². The summed E-state index contributed by atoms with van der Waals surface area (Å²) in [7, 11) is 0. The second-order valence-electron chi connectivity index (χ2n) is 6.68. The zero-order valence-corrected chi connectivity index (χ0v) is 13.5. The molecule has 1 amide bonds. The third kappa shape index (κ3) is 4.32. The van der Waals surface area contributed by atoms with Gasteiger partial charge in [-0.2, -0.15) is 5.10 Å². The molecule has 3 rings (SSSR count). The fourth-order valence-corrected chi connectivity index (χ4v) is 3.68. The first kappa shape index (κ1) is 15.5. The van der Waals surface area contributed by atoms with Gasteiger partial charge < -0.3 is 4.90 Å². The SMILES string of the molecule is O=C(CCC1CCCC1)N1CCN(CCn2cccn2)CC1. The lowest BCUT2D eigenvalue weighted by atomic mass is 10.0. The fourth-order valence-electron chi connectivity index (χ4n) is 3.68. The highest BCUT2D eigenvalue weighted by Crippen LogP contribution is 2.28. The smallest absolute Gasteiger partial charge is 0.222 e. The summed E-state index contributed by atoms with van der Waals surface area (Å²) in [4.78, 5) is 16.8. The maximum atomic E-state index is 12.3. The second-order valence-corrected chi connectivity index (χ2v) is 6.68. The van der Waals surface area contributed by atoms with E-state index in [9.17, 15) is 4.79 Å². The van der Waals surface area contributed by atoms with Crippen molar-refractivity contribution in [1.82, 2.24) is 19.6 Å². The van der Waals surface area contributed by atoms with Crippen molar-refractivity contribution in [2.75, 3.05) is 32.7 Å². The minimum Gasteiger partial charge on any atom is -0.340 e. The van der Waals surface area contributed by atoms with Crippen molar-refractivity contribution in [3.8, 4) is 0 Å². The van der Waals surface area contributed by atoms with E-state index in [1.54, 1.807) is 0 Å². The van der Waals surface area contributed by atoms with E-state index in [2.05, 4.69) is 14.9 Å². The predicted molar refractivity (Wildman–Crippen MR) is 86.4 cm³/mol. The molecule has 5 nitrogen and oxygen atoms in total. The van der Waals surface area contributed by atoms with Crippen LogP contribution in [-0.2, 0) is 11.3 Å². The Hall–Kier alpha value is -1.36. The van der Waals surface area contributed by atoms with E-state index < -0.39 is 0 Å². The number of rotatable bonds is 6. The molecular weight excluding hydrogens is 276 g/mol. The molecule has 2 fully saturated rings. The first-order valence-corrected chi connectivity index (χ1v) is 8.79. The summed E-state index contributed by atoms with van der Waals surface area (Å²) in [6, 6.07) is 1.96. The van der Waals surface area contributed by atoms with Crippen molar-refractivity contribution < 1.29 is 4.79 Å². The van der Waals surface area contributed by atoms with Crippen LogP contribution in [0.15, 0.2) is 18.5 Å². The van der Waals surface area contributed by atoms with Gasteiger partial charge >= 0.3 is 0 Å². The molecule has 22 heavy (non-hydrogen) atoms. The molecule has 1 aromatic heterocycles. The van der Waals surface area contributed by atoms with E-state index in [1.807, 2.05) is 23.1 Å². The van der Waals surface area contributed by atoms with Crippen molar-refractivity contribution in [2.45, 2.75) is 45.1 Å². The summed E-state index contributed by atoms with van der Waals surface area (Å²) in [6.07, 6.45) is 11.1. The number of nitrogens with zero attached hydrogens (tertiary/aromatic N) is 4. The number of carbonyl (C=O) groups excluding carboxylic acids is 1. The number of piperazine rings is 1. The van der Waals surface area contributed by atoms with Gasteiger partial charge in [-0.05, 0) is 18.4 Å². The highest BCUT2D eigenvalue weighted by molar-refractivity contribution is 5.76. The van der Waals surface area contributed by atoms with E-state index in [0.29, 0.717) is 5.91 Å². The van der Waals surface area contributed by atoms with Crippen LogP contribution in [0, 0.1) is 5.92 Å². The Kier molecular flexibility index (Phi) is 5.48. The van der Waals surface area contributed by atoms with Gasteiger partial charge in [0.2, 0.25) is 5.91 Å². The van der Waals surface area contributed by atoms with Crippen LogP contribution in [0.3, 0.4) is 0 Å². The molecule has 0 spiro atoms. The predicted octanol–water partition coefficient (Wildman–Crippen LogP) is 2.00. The third-order valence-corrected chi connectivity index (χ3v) is 5.17. The summed E-state index contributed by atoms with van der Waals surface area (Å²) in [6.45, 7) is 5.73. The van der Waals surface area contributed by atoms with Crippen LogP contribution in [0.1, 0.15) is 38.5 Å². The van der Waals surface area contributed by atoms with Crippen LogP contribution in [0.25, 0.3) is 0 Å². The first-order valence-electron chi connectivity index (χ1n) is 8.79. The molecule has 1 saturated carbocycles. The lowest BCUT2D eigenvalue weighted by Crippen LogP contribution is -2.49. The molecule has 2 heterocycles. The standard InChI is InChI=1S/C17H28N4O/c22-17(7-6-16-4-1-2-5-16)20-13-10-19(11-14-20)12-15-21-9-3-8-18-21/h3,8-9,16H,1-2,4-7,10-15H2. The first-order chi connectivity index (χ1) is 10.8. The van der Waals surface area contributed by atoms with E-state index in [1.165, 1.54) is 25.7 Å². The lowest BCUT2D eigenvalue weighted by Gasteiger charge is -2.35.